The second-order valence-corrected chi connectivity index (χ2v) is 3.23. The van der Waals surface area contributed by atoms with Crippen molar-refractivity contribution in [1.82, 2.24) is 4.90 Å². The van der Waals surface area contributed by atoms with E-state index in [9.17, 15) is 0 Å². The van der Waals surface area contributed by atoms with E-state index in [1.807, 2.05) is 0 Å². The molecule has 0 spiro atoms. The summed E-state index contributed by atoms with van der Waals surface area (Å²) in [4.78, 5) is 2.47. The predicted molar refractivity (Wildman–Crippen MR) is 46.7 cm³/mol. The van der Waals surface area contributed by atoms with Gasteiger partial charge in [0.15, 0.2) is 0 Å². The Morgan fingerprint density at radius 2 is 2.18 bits per heavy atom. The van der Waals surface area contributed by atoms with Gasteiger partial charge in [-0.25, -0.2) is 0 Å². The molecule has 2 nitrogen and oxygen atoms in total. The summed E-state index contributed by atoms with van der Waals surface area (Å²) in [7, 11) is 0. The maximum absolute atomic E-state index is 5.52. The average Bonchev–Trinajstić information content (AvgIpc) is 2.02. The third kappa shape index (κ3) is 1.94. The zero-order chi connectivity index (χ0) is 8.27. The van der Waals surface area contributed by atoms with E-state index in [0.717, 1.165) is 13.2 Å². The van der Waals surface area contributed by atoms with Crippen molar-refractivity contribution in [3.8, 4) is 0 Å². The Kier molecular flexibility index (Phi) is 3.34. The van der Waals surface area contributed by atoms with Crippen LogP contribution < -0.4 is 0 Å². The highest BCUT2D eigenvalue weighted by atomic mass is 16.5. The van der Waals surface area contributed by atoms with Crippen molar-refractivity contribution in [3.05, 3.63) is 0 Å². The molecule has 0 bridgehead atoms. The van der Waals surface area contributed by atoms with Crippen molar-refractivity contribution in [1.29, 1.82) is 0 Å². The van der Waals surface area contributed by atoms with Gasteiger partial charge in [-0.05, 0) is 26.8 Å². The molecule has 2 heteroatoms. The molecular formula is C9H19NO. The van der Waals surface area contributed by atoms with E-state index >= 15 is 0 Å². The zero-order valence-corrected chi connectivity index (χ0v) is 7.84. The molecule has 0 aliphatic carbocycles. The molecule has 0 radical (unpaired) electrons. The minimum absolute atomic E-state index is 0.506. The van der Waals surface area contributed by atoms with Crippen molar-refractivity contribution < 1.29 is 4.74 Å². The lowest BCUT2D eigenvalue weighted by Crippen LogP contribution is -2.59. The van der Waals surface area contributed by atoms with Gasteiger partial charge in [0, 0.05) is 19.2 Å². The van der Waals surface area contributed by atoms with Crippen molar-refractivity contribution in [2.45, 2.75) is 39.3 Å². The standard InChI is InChI=1S/C9H19NO/c1-4-6-10-7-9(8(10)3)11-5-2/h8-9H,4-7H2,1-3H3. The number of rotatable bonds is 4. The van der Waals surface area contributed by atoms with Gasteiger partial charge in [0.2, 0.25) is 0 Å². The molecule has 0 aromatic rings. The summed E-state index contributed by atoms with van der Waals surface area (Å²) in [5.74, 6) is 0. The normalized spacial score (nSPS) is 31.9. The first-order chi connectivity index (χ1) is 5.29. The first-order valence-corrected chi connectivity index (χ1v) is 4.65. The van der Waals surface area contributed by atoms with Gasteiger partial charge in [-0.3, -0.25) is 4.90 Å². The van der Waals surface area contributed by atoms with Crippen molar-refractivity contribution in [3.63, 3.8) is 0 Å². The van der Waals surface area contributed by atoms with Crippen molar-refractivity contribution in [2.75, 3.05) is 19.7 Å². The summed E-state index contributed by atoms with van der Waals surface area (Å²) in [5.41, 5.74) is 0. The molecule has 11 heavy (non-hydrogen) atoms. The van der Waals surface area contributed by atoms with E-state index in [1.54, 1.807) is 0 Å². The topological polar surface area (TPSA) is 12.5 Å². The Morgan fingerprint density at radius 1 is 1.45 bits per heavy atom. The molecule has 1 aliphatic heterocycles. The van der Waals surface area contributed by atoms with Crippen LogP contribution in [0.5, 0.6) is 0 Å². The summed E-state index contributed by atoms with van der Waals surface area (Å²) in [6.45, 7) is 9.76. The Labute approximate surface area is 69.5 Å². The maximum Gasteiger partial charge on any atom is 0.0854 e. The fourth-order valence-electron chi connectivity index (χ4n) is 1.64. The van der Waals surface area contributed by atoms with E-state index in [-0.39, 0.29) is 0 Å². The molecule has 2 atom stereocenters. The van der Waals surface area contributed by atoms with Gasteiger partial charge in [-0.1, -0.05) is 6.92 Å². The number of hydrogen-bond acceptors (Lipinski definition) is 2. The van der Waals surface area contributed by atoms with Crippen molar-refractivity contribution in [2.24, 2.45) is 0 Å². The number of hydrogen-bond donors (Lipinski definition) is 0. The average molecular weight is 157 g/mol. The summed E-state index contributed by atoms with van der Waals surface area (Å²) in [6, 6.07) is 0.648. The van der Waals surface area contributed by atoms with Gasteiger partial charge < -0.3 is 4.74 Å². The maximum atomic E-state index is 5.52. The Balaban J connectivity index is 2.15. The smallest absolute Gasteiger partial charge is 0.0854 e. The van der Waals surface area contributed by atoms with Crippen LogP contribution in [0, 0.1) is 0 Å². The molecule has 0 aromatic heterocycles. The quantitative estimate of drug-likeness (QED) is 0.613. The Hall–Kier alpha value is -0.0800. The summed E-state index contributed by atoms with van der Waals surface area (Å²) >= 11 is 0. The first-order valence-electron chi connectivity index (χ1n) is 4.65. The third-order valence-electron chi connectivity index (χ3n) is 2.42. The lowest BCUT2D eigenvalue weighted by Gasteiger charge is -2.45. The zero-order valence-electron chi connectivity index (χ0n) is 7.84. The van der Waals surface area contributed by atoms with E-state index in [4.69, 9.17) is 4.74 Å². The SMILES string of the molecule is CCCN1CC(OCC)C1C. The fourth-order valence-corrected chi connectivity index (χ4v) is 1.64. The summed E-state index contributed by atoms with van der Waals surface area (Å²) in [5, 5.41) is 0. The first kappa shape index (κ1) is 9.01. The van der Waals surface area contributed by atoms with E-state index < -0.39 is 0 Å². The molecule has 66 valence electrons. The third-order valence-corrected chi connectivity index (χ3v) is 2.42. The van der Waals surface area contributed by atoms with Crippen LogP contribution in [0.2, 0.25) is 0 Å². The molecule has 1 rings (SSSR count). The molecule has 2 unspecified atom stereocenters. The summed E-state index contributed by atoms with van der Waals surface area (Å²) in [6.07, 6.45) is 1.76. The molecule has 0 saturated carbocycles. The van der Waals surface area contributed by atoms with Crippen LogP contribution >= 0.6 is 0 Å². The molecule has 0 aromatic carbocycles. The molecular weight excluding hydrogens is 138 g/mol. The monoisotopic (exact) mass is 157 g/mol. The van der Waals surface area contributed by atoms with Gasteiger partial charge in [0.05, 0.1) is 6.10 Å². The van der Waals surface area contributed by atoms with Gasteiger partial charge in [0.25, 0.3) is 0 Å². The van der Waals surface area contributed by atoms with Crippen LogP contribution in [0.4, 0.5) is 0 Å². The van der Waals surface area contributed by atoms with E-state index in [0.29, 0.717) is 12.1 Å². The second-order valence-electron chi connectivity index (χ2n) is 3.23. The summed E-state index contributed by atoms with van der Waals surface area (Å²) < 4.78 is 5.52. The highest BCUT2D eigenvalue weighted by Crippen LogP contribution is 2.20. The molecule has 0 N–H and O–H groups in total. The molecule has 0 amide bonds. The highest BCUT2D eigenvalue weighted by Gasteiger charge is 2.34. The lowest BCUT2D eigenvalue weighted by molar-refractivity contribution is -0.0924. The van der Waals surface area contributed by atoms with E-state index in [1.165, 1.54) is 13.0 Å². The van der Waals surface area contributed by atoms with Crippen LogP contribution in [0.3, 0.4) is 0 Å². The lowest BCUT2D eigenvalue weighted by atomic mass is 10.0. The number of likely N-dealkylation sites (tertiary alicyclic amines) is 1. The van der Waals surface area contributed by atoms with Crippen molar-refractivity contribution >= 4 is 0 Å². The highest BCUT2D eigenvalue weighted by molar-refractivity contribution is 4.89. The fraction of sp³-hybridized carbons (Fsp3) is 1.00. The molecule has 1 aliphatic rings. The second kappa shape index (κ2) is 4.07. The van der Waals surface area contributed by atoms with Crippen LogP contribution in [0.25, 0.3) is 0 Å². The molecule has 1 fully saturated rings. The predicted octanol–water partition coefficient (Wildman–Crippen LogP) is 1.51. The largest absolute Gasteiger partial charge is 0.376 e. The van der Waals surface area contributed by atoms with Crippen LogP contribution in [-0.2, 0) is 4.74 Å². The van der Waals surface area contributed by atoms with Gasteiger partial charge in [-0.2, -0.15) is 0 Å². The van der Waals surface area contributed by atoms with Crippen LogP contribution in [0.1, 0.15) is 27.2 Å². The molecule has 1 heterocycles. The minimum atomic E-state index is 0.506. The Bertz CT molecular complexity index is 104. The number of nitrogens with zero attached hydrogens (tertiary/aromatic N) is 1. The van der Waals surface area contributed by atoms with Gasteiger partial charge in [0.1, 0.15) is 0 Å². The number of ether oxygens (including phenoxy) is 1. The Morgan fingerprint density at radius 3 is 2.64 bits per heavy atom. The van der Waals surface area contributed by atoms with Gasteiger partial charge >= 0.3 is 0 Å². The minimum Gasteiger partial charge on any atom is -0.376 e. The molecule has 1 saturated heterocycles. The van der Waals surface area contributed by atoms with Crippen LogP contribution in [0.15, 0.2) is 0 Å². The van der Waals surface area contributed by atoms with Crippen LogP contribution in [-0.4, -0.2) is 36.7 Å². The van der Waals surface area contributed by atoms with E-state index in [2.05, 4.69) is 25.7 Å². The van der Waals surface area contributed by atoms with Gasteiger partial charge in [-0.15, -0.1) is 0 Å².